The zero-order valence-electron chi connectivity index (χ0n) is 10.8. The van der Waals surface area contributed by atoms with E-state index in [1.807, 2.05) is 24.3 Å². The SMILES string of the molecule is CCc1cccc2ccc(OCCOC)c(O)c12. The van der Waals surface area contributed by atoms with Gasteiger partial charge in [0, 0.05) is 12.5 Å². The highest BCUT2D eigenvalue weighted by Crippen LogP contribution is 2.36. The van der Waals surface area contributed by atoms with Crippen molar-refractivity contribution >= 4 is 10.8 Å². The van der Waals surface area contributed by atoms with E-state index in [9.17, 15) is 5.11 Å². The molecule has 0 saturated carbocycles. The van der Waals surface area contributed by atoms with Crippen LogP contribution >= 0.6 is 0 Å². The molecule has 0 heterocycles. The lowest BCUT2D eigenvalue weighted by molar-refractivity contribution is 0.144. The second-order valence-corrected chi connectivity index (χ2v) is 4.12. The molecule has 0 spiro atoms. The van der Waals surface area contributed by atoms with Gasteiger partial charge < -0.3 is 14.6 Å². The molecular weight excluding hydrogens is 228 g/mol. The molecule has 3 nitrogen and oxygen atoms in total. The first kappa shape index (κ1) is 12.7. The average molecular weight is 246 g/mol. The summed E-state index contributed by atoms with van der Waals surface area (Å²) in [5.74, 6) is 0.738. The number of phenols is 1. The molecule has 2 aromatic rings. The minimum absolute atomic E-state index is 0.223. The van der Waals surface area contributed by atoms with Gasteiger partial charge in [0.15, 0.2) is 11.5 Å². The lowest BCUT2D eigenvalue weighted by Crippen LogP contribution is -2.04. The zero-order chi connectivity index (χ0) is 13.0. The van der Waals surface area contributed by atoms with E-state index in [-0.39, 0.29) is 5.75 Å². The molecule has 0 aliphatic rings. The fourth-order valence-corrected chi connectivity index (χ4v) is 2.06. The normalized spacial score (nSPS) is 10.8. The van der Waals surface area contributed by atoms with Crippen LogP contribution in [0.2, 0.25) is 0 Å². The molecule has 0 unspecified atom stereocenters. The predicted octanol–water partition coefficient (Wildman–Crippen LogP) is 3.13. The van der Waals surface area contributed by atoms with E-state index >= 15 is 0 Å². The first-order valence-electron chi connectivity index (χ1n) is 6.13. The van der Waals surface area contributed by atoms with E-state index < -0.39 is 0 Å². The molecule has 0 aromatic heterocycles. The molecule has 0 amide bonds. The largest absolute Gasteiger partial charge is 0.504 e. The summed E-state index contributed by atoms with van der Waals surface area (Å²) in [6.45, 7) is 3.02. The van der Waals surface area contributed by atoms with E-state index in [0.717, 1.165) is 22.8 Å². The van der Waals surface area contributed by atoms with E-state index in [2.05, 4.69) is 6.92 Å². The standard InChI is InChI=1S/C15H18O3/c1-3-11-5-4-6-12-7-8-13(15(16)14(11)12)18-10-9-17-2/h4-8,16H,3,9-10H2,1-2H3. The third kappa shape index (κ3) is 2.41. The van der Waals surface area contributed by atoms with E-state index in [0.29, 0.717) is 19.0 Å². The van der Waals surface area contributed by atoms with Crippen LogP contribution in [0.1, 0.15) is 12.5 Å². The smallest absolute Gasteiger partial charge is 0.165 e. The van der Waals surface area contributed by atoms with Crippen molar-refractivity contribution in [2.75, 3.05) is 20.3 Å². The van der Waals surface area contributed by atoms with Crippen molar-refractivity contribution in [2.24, 2.45) is 0 Å². The Bertz CT molecular complexity index is 534. The molecule has 0 fully saturated rings. The molecule has 0 radical (unpaired) electrons. The van der Waals surface area contributed by atoms with Crippen molar-refractivity contribution in [2.45, 2.75) is 13.3 Å². The van der Waals surface area contributed by atoms with Crippen LogP contribution in [-0.2, 0) is 11.2 Å². The van der Waals surface area contributed by atoms with Crippen LogP contribution in [0.15, 0.2) is 30.3 Å². The summed E-state index contributed by atoms with van der Waals surface area (Å²) in [5, 5.41) is 12.2. The fraction of sp³-hybridized carbons (Fsp3) is 0.333. The van der Waals surface area contributed by atoms with Gasteiger partial charge in [-0.15, -0.1) is 0 Å². The molecule has 0 bridgehead atoms. The number of methoxy groups -OCH3 is 1. The summed E-state index contributed by atoms with van der Waals surface area (Å²) in [6.07, 6.45) is 0.881. The molecule has 0 aliphatic heterocycles. The van der Waals surface area contributed by atoms with Crippen LogP contribution in [0.25, 0.3) is 10.8 Å². The minimum Gasteiger partial charge on any atom is -0.504 e. The van der Waals surface area contributed by atoms with Gasteiger partial charge in [-0.05, 0) is 23.4 Å². The van der Waals surface area contributed by atoms with Crippen molar-refractivity contribution in [1.82, 2.24) is 0 Å². The molecule has 2 aromatic carbocycles. The molecule has 3 heteroatoms. The van der Waals surface area contributed by atoms with Gasteiger partial charge >= 0.3 is 0 Å². The summed E-state index contributed by atoms with van der Waals surface area (Å²) < 4.78 is 10.4. The van der Waals surface area contributed by atoms with Gasteiger partial charge in [0.05, 0.1) is 6.61 Å². The number of aryl methyl sites for hydroxylation is 1. The Morgan fingerprint density at radius 2 is 1.94 bits per heavy atom. The van der Waals surface area contributed by atoms with Crippen LogP contribution < -0.4 is 4.74 Å². The third-order valence-corrected chi connectivity index (χ3v) is 2.99. The van der Waals surface area contributed by atoms with Crippen molar-refractivity contribution in [3.05, 3.63) is 35.9 Å². The maximum atomic E-state index is 10.3. The van der Waals surface area contributed by atoms with Gasteiger partial charge in [-0.25, -0.2) is 0 Å². The maximum Gasteiger partial charge on any atom is 0.165 e. The van der Waals surface area contributed by atoms with Crippen molar-refractivity contribution in [3.8, 4) is 11.5 Å². The first-order chi connectivity index (χ1) is 8.77. The Balaban J connectivity index is 2.42. The van der Waals surface area contributed by atoms with Crippen LogP contribution in [-0.4, -0.2) is 25.4 Å². The van der Waals surface area contributed by atoms with Crippen LogP contribution in [0.5, 0.6) is 11.5 Å². The number of fused-ring (bicyclic) bond motifs is 1. The van der Waals surface area contributed by atoms with Gasteiger partial charge in [-0.2, -0.15) is 0 Å². The minimum atomic E-state index is 0.223. The molecular formula is C15H18O3. The summed E-state index contributed by atoms with van der Waals surface area (Å²) in [4.78, 5) is 0. The second-order valence-electron chi connectivity index (χ2n) is 4.12. The first-order valence-corrected chi connectivity index (χ1v) is 6.13. The van der Waals surface area contributed by atoms with Gasteiger partial charge in [-0.3, -0.25) is 0 Å². The molecule has 18 heavy (non-hydrogen) atoms. The Kier molecular flexibility index (Phi) is 4.05. The summed E-state index contributed by atoms with van der Waals surface area (Å²) in [7, 11) is 1.62. The number of hydrogen-bond donors (Lipinski definition) is 1. The van der Waals surface area contributed by atoms with Crippen molar-refractivity contribution in [3.63, 3.8) is 0 Å². The summed E-state index contributed by atoms with van der Waals surface area (Å²) in [5.41, 5.74) is 1.13. The second kappa shape index (κ2) is 5.74. The van der Waals surface area contributed by atoms with Gasteiger partial charge in [0.2, 0.25) is 0 Å². The van der Waals surface area contributed by atoms with E-state index in [1.54, 1.807) is 13.2 Å². The number of hydrogen-bond acceptors (Lipinski definition) is 3. The quantitative estimate of drug-likeness (QED) is 0.824. The highest BCUT2D eigenvalue weighted by atomic mass is 16.5. The van der Waals surface area contributed by atoms with E-state index in [1.165, 1.54) is 0 Å². The molecule has 96 valence electrons. The number of phenolic OH excluding ortho intramolecular Hbond substituents is 1. The molecule has 1 N–H and O–H groups in total. The highest BCUT2D eigenvalue weighted by Gasteiger charge is 2.10. The molecule has 0 saturated heterocycles. The molecule has 0 aliphatic carbocycles. The van der Waals surface area contributed by atoms with Crippen molar-refractivity contribution in [1.29, 1.82) is 0 Å². The van der Waals surface area contributed by atoms with Crippen LogP contribution in [0.4, 0.5) is 0 Å². The predicted molar refractivity (Wildman–Crippen MR) is 72.4 cm³/mol. The number of ether oxygens (including phenoxy) is 2. The Hall–Kier alpha value is -1.74. The maximum absolute atomic E-state index is 10.3. The Labute approximate surface area is 107 Å². The lowest BCUT2D eigenvalue weighted by Gasteiger charge is -2.12. The highest BCUT2D eigenvalue weighted by molar-refractivity contribution is 5.93. The molecule has 2 rings (SSSR count). The monoisotopic (exact) mass is 246 g/mol. The number of aromatic hydroxyl groups is 1. The van der Waals surface area contributed by atoms with Crippen LogP contribution in [0, 0.1) is 0 Å². The lowest BCUT2D eigenvalue weighted by atomic mass is 10.0. The van der Waals surface area contributed by atoms with Gasteiger partial charge in [0.1, 0.15) is 6.61 Å². The van der Waals surface area contributed by atoms with E-state index in [4.69, 9.17) is 9.47 Å². The summed E-state index contributed by atoms with van der Waals surface area (Å²) in [6, 6.07) is 9.79. The zero-order valence-corrected chi connectivity index (χ0v) is 10.8. The Morgan fingerprint density at radius 3 is 2.67 bits per heavy atom. The topological polar surface area (TPSA) is 38.7 Å². The Morgan fingerprint density at radius 1 is 1.11 bits per heavy atom. The fourth-order valence-electron chi connectivity index (χ4n) is 2.06. The van der Waals surface area contributed by atoms with Crippen LogP contribution in [0.3, 0.4) is 0 Å². The third-order valence-electron chi connectivity index (χ3n) is 2.99. The van der Waals surface area contributed by atoms with Gasteiger partial charge in [0.25, 0.3) is 0 Å². The average Bonchev–Trinajstić information content (AvgIpc) is 2.41. The number of benzene rings is 2. The number of rotatable bonds is 5. The summed E-state index contributed by atoms with van der Waals surface area (Å²) >= 11 is 0. The van der Waals surface area contributed by atoms with Gasteiger partial charge in [-0.1, -0.05) is 31.2 Å². The van der Waals surface area contributed by atoms with Crippen molar-refractivity contribution < 1.29 is 14.6 Å². The molecule has 0 atom stereocenters.